The number of benzene rings is 1. The molecule has 0 unspecified atom stereocenters. The van der Waals surface area contributed by atoms with Crippen molar-refractivity contribution in [1.29, 1.82) is 0 Å². The highest BCUT2D eigenvalue weighted by Gasteiger charge is 1.97. The van der Waals surface area contributed by atoms with Gasteiger partial charge >= 0.3 is 0 Å². The molecule has 0 spiro atoms. The average Bonchev–Trinajstić information content (AvgIpc) is 2.51. The number of nitrogens with zero attached hydrogens (tertiary/aromatic N) is 2. The molecule has 1 rings (SSSR count). The topological polar surface area (TPSA) is 62.9 Å². The summed E-state index contributed by atoms with van der Waals surface area (Å²) in [5, 5.41) is 3.11. The second-order valence-electron chi connectivity index (χ2n) is 5.63. The first-order chi connectivity index (χ1) is 10.6. The molecule has 0 amide bonds. The molecule has 23 heavy (non-hydrogen) atoms. The molecule has 5 nitrogen and oxygen atoms in total. The Bertz CT molecular complexity index is 435. The number of hydrogen-bond acceptors (Lipinski definition) is 3. The van der Waals surface area contributed by atoms with Crippen LogP contribution < -0.4 is 15.8 Å². The van der Waals surface area contributed by atoms with Crippen molar-refractivity contribution in [3.05, 3.63) is 29.8 Å². The normalized spacial score (nSPS) is 11.2. The van der Waals surface area contributed by atoms with Crippen LogP contribution in [-0.4, -0.2) is 44.7 Å². The van der Waals surface area contributed by atoms with E-state index in [9.17, 15) is 0 Å². The van der Waals surface area contributed by atoms with Crippen LogP contribution in [0.15, 0.2) is 29.3 Å². The standard InChI is InChI=1S/C17H30N4O.HI/c1-4-5-11-19-17(18)20-14-15-7-9-16(10-8-15)22-13-6-12-21(2)3;/h7-10H,4-6,11-14H2,1-3H3,(H3,18,19,20);1H. The number of guanidine groups is 1. The summed E-state index contributed by atoms with van der Waals surface area (Å²) >= 11 is 0. The fraction of sp³-hybridized carbons (Fsp3) is 0.588. The van der Waals surface area contributed by atoms with E-state index in [0.29, 0.717) is 12.5 Å². The van der Waals surface area contributed by atoms with Gasteiger partial charge in [-0.15, -0.1) is 24.0 Å². The van der Waals surface area contributed by atoms with E-state index in [1.807, 2.05) is 24.3 Å². The number of ether oxygens (including phenoxy) is 1. The van der Waals surface area contributed by atoms with E-state index in [-0.39, 0.29) is 24.0 Å². The monoisotopic (exact) mass is 434 g/mol. The van der Waals surface area contributed by atoms with Crippen molar-refractivity contribution in [1.82, 2.24) is 10.2 Å². The van der Waals surface area contributed by atoms with Crippen LogP contribution in [0.4, 0.5) is 0 Å². The maximum absolute atomic E-state index is 5.81. The Morgan fingerprint density at radius 3 is 2.52 bits per heavy atom. The second kappa shape index (κ2) is 13.4. The molecular weight excluding hydrogens is 403 g/mol. The zero-order valence-electron chi connectivity index (χ0n) is 14.5. The van der Waals surface area contributed by atoms with E-state index >= 15 is 0 Å². The van der Waals surface area contributed by atoms with Crippen LogP contribution >= 0.6 is 24.0 Å². The fourth-order valence-electron chi connectivity index (χ4n) is 1.89. The zero-order valence-corrected chi connectivity index (χ0v) is 16.9. The summed E-state index contributed by atoms with van der Waals surface area (Å²) in [7, 11) is 4.14. The van der Waals surface area contributed by atoms with E-state index in [4.69, 9.17) is 10.5 Å². The third kappa shape index (κ3) is 11.2. The lowest BCUT2D eigenvalue weighted by Gasteiger charge is -2.10. The number of nitrogens with two attached hydrogens (primary N) is 1. The van der Waals surface area contributed by atoms with E-state index in [0.717, 1.165) is 50.3 Å². The summed E-state index contributed by atoms with van der Waals surface area (Å²) in [6, 6.07) is 8.04. The Morgan fingerprint density at radius 2 is 1.91 bits per heavy atom. The van der Waals surface area contributed by atoms with Crippen LogP contribution in [0.2, 0.25) is 0 Å². The van der Waals surface area contributed by atoms with Crippen LogP contribution in [0.1, 0.15) is 31.7 Å². The molecular formula is C17H31IN4O. The zero-order chi connectivity index (χ0) is 16.2. The van der Waals surface area contributed by atoms with Gasteiger partial charge in [-0.3, -0.25) is 0 Å². The van der Waals surface area contributed by atoms with Crippen LogP contribution in [0.25, 0.3) is 0 Å². The Morgan fingerprint density at radius 1 is 1.22 bits per heavy atom. The lowest BCUT2D eigenvalue weighted by atomic mass is 10.2. The van der Waals surface area contributed by atoms with Gasteiger partial charge in [0.2, 0.25) is 0 Å². The SMILES string of the molecule is CCCCNC(N)=NCc1ccc(OCCCN(C)C)cc1.I. The number of nitrogens with one attached hydrogen (secondary N) is 1. The number of rotatable bonds is 10. The molecule has 0 radical (unpaired) electrons. The minimum absolute atomic E-state index is 0. The minimum Gasteiger partial charge on any atom is -0.494 e. The van der Waals surface area contributed by atoms with Crippen LogP contribution in [0, 0.1) is 0 Å². The molecule has 0 aliphatic rings. The summed E-state index contributed by atoms with van der Waals surface area (Å²) in [4.78, 5) is 6.48. The van der Waals surface area contributed by atoms with Gasteiger partial charge in [0.05, 0.1) is 13.2 Å². The Hall–Kier alpha value is -1.02. The number of unbranched alkanes of at least 4 members (excludes halogenated alkanes) is 1. The molecule has 0 aromatic heterocycles. The molecule has 0 saturated heterocycles. The predicted molar refractivity (Wildman–Crippen MR) is 109 cm³/mol. The van der Waals surface area contributed by atoms with Gasteiger partial charge in [-0.1, -0.05) is 25.5 Å². The Balaban J connectivity index is 0.00000484. The smallest absolute Gasteiger partial charge is 0.188 e. The van der Waals surface area contributed by atoms with Crippen LogP contribution in [0.5, 0.6) is 5.75 Å². The summed E-state index contributed by atoms with van der Waals surface area (Å²) in [5.41, 5.74) is 6.93. The van der Waals surface area contributed by atoms with Gasteiger partial charge in [0.1, 0.15) is 5.75 Å². The molecule has 0 aliphatic carbocycles. The predicted octanol–water partition coefficient (Wildman–Crippen LogP) is 2.84. The van der Waals surface area contributed by atoms with Gasteiger partial charge < -0.3 is 20.7 Å². The van der Waals surface area contributed by atoms with Crippen molar-refractivity contribution >= 4 is 29.9 Å². The molecule has 0 heterocycles. The van der Waals surface area contributed by atoms with E-state index in [1.54, 1.807) is 0 Å². The van der Waals surface area contributed by atoms with Gasteiger partial charge in [0.15, 0.2) is 5.96 Å². The summed E-state index contributed by atoms with van der Waals surface area (Å²) < 4.78 is 5.70. The average molecular weight is 434 g/mol. The number of halogens is 1. The number of hydrogen-bond donors (Lipinski definition) is 2. The highest BCUT2D eigenvalue weighted by molar-refractivity contribution is 14.0. The van der Waals surface area contributed by atoms with E-state index in [1.165, 1.54) is 0 Å². The van der Waals surface area contributed by atoms with Crippen LogP contribution in [0.3, 0.4) is 0 Å². The lowest BCUT2D eigenvalue weighted by molar-refractivity contribution is 0.281. The van der Waals surface area contributed by atoms with Gasteiger partial charge in [0, 0.05) is 13.1 Å². The highest BCUT2D eigenvalue weighted by atomic mass is 127. The molecule has 0 fully saturated rings. The highest BCUT2D eigenvalue weighted by Crippen LogP contribution is 2.13. The molecule has 6 heteroatoms. The van der Waals surface area contributed by atoms with Crippen molar-refractivity contribution < 1.29 is 4.74 Å². The maximum atomic E-state index is 5.81. The molecule has 1 aromatic rings. The quantitative estimate of drug-likeness (QED) is 0.257. The minimum atomic E-state index is 0. The largest absolute Gasteiger partial charge is 0.494 e. The summed E-state index contributed by atoms with van der Waals surface area (Å²) in [5.74, 6) is 1.41. The van der Waals surface area contributed by atoms with Crippen molar-refractivity contribution in [2.24, 2.45) is 10.7 Å². The molecule has 0 saturated carbocycles. The molecule has 1 aromatic carbocycles. The first-order valence-corrected chi connectivity index (χ1v) is 8.02. The van der Waals surface area contributed by atoms with Crippen molar-refractivity contribution in [2.45, 2.75) is 32.7 Å². The summed E-state index contributed by atoms with van der Waals surface area (Å²) in [6.07, 6.45) is 3.28. The van der Waals surface area contributed by atoms with E-state index in [2.05, 4.69) is 36.2 Å². The summed E-state index contributed by atoms with van der Waals surface area (Å²) in [6.45, 7) is 5.40. The molecule has 0 atom stereocenters. The van der Waals surface area contributed by atoms with Gasteiger partial charge in [-0.05, 0) is 44.6 Å². The van der Waals surface area contributed by atoms with Crippen molar-refractivity contribution in [2.75, 3.05) is 33.8 Å². The second-order valence-corrected chi connectivity index (χ2v) is 5.63. The van der Waals surface area contributed by atoms with Gasteiger partial charge in [0.25, 0.3) is 0 Å². The third-order valence-electron chi connectivity index (χ3n) is 3.21. The molecule has 0 bridgehead atoms. The lowest BCUT2D eigenvalue weighted by Crippen LogP contribution is -2.32. The maximum Gasteiger partial charge on any atom is 0.188 e. The third-order valence-corrected chi connectivity index (χ3v) is 3.21. The fourth-order valence-corrected chi connectivity index (χ4v) is 1.89. The van der Waals surface area contributed by atoms with Gasteiger partial charge in [-0.25, -0.2) is 4.99 Å². The first kappa shape index (κ1) is 22.0. The van der Waals surface area contributed by atoms with Crippen LogP contribution in [-0.2, 0) is 6.54 Å². The Labute approximate surface area is 157 Å². The molecule has 132 valence electrons. The van der Waals surface area contributed by atoms with E-state index < -0.39 is 0 Å². The Kier molecular flexibility index (Phi) is 12.8. The van der Waals surface area contributed by atoms with Gasteiger partial charge in [-0.2, -0.15) is 0 Å². The molecule has 3 N–H and O–H groups in total. The van der Waals surface area contributed by atoms with Crippen molar-refractivity contribution in [3.63, 3.8) is 0 Å². The number of aliphatic imine (C=N–C) groups is 1. The van der Waals surface area contributed by atoms with Crippen molar-refractivity contribution in [3.8, 4) is 5.75 Å². The molecule has 0 aliphatic heterocycles. The first-order valence-electron chi connectivity index (χ1n) is 8.02.